The molecular formula is C11H21N3O2. The molecule has 2 rings (SSSR count). The molecule has 2 aliphatic rings. The molecule has 0 saturated carbocycles. The summed E-state index contributed by atoms with van der Waals surface area (Å²) in [5.74, 6) is 0. The molecular weight excluding hydrogens is 206 g/mol. The van der Waals surface area contributed by atoms with Crippen LogP contribution < -0.4 is 5.73 Å². The number of carboxylic acid groups (broad SMARTS) is 1. The molecule has 2 saturated heterocycles. The number of nitrogens with two attached hydrogens (primary N) is 1. The van der Waals surface area contributed by atoms with Gasteiger partial charge in [0.05, 0.1) is 0 Å². The van der Waals surface area contributed by atoms with Gasteiger partial charge in [-0.25, -0.2) is 4.79 Å². The molecule has 2 aliphatic heterocycles. The van der Waals surface area contributed by atoms with Crippen LogP contribution in [0.1, 0.15) is 25.7 Å². The van der Waals surface area contributed by atoms with Crippen LogP contribution in [0.25, 0.3) is 0 Å². The third kappa shape index (κ3) is 2.65. The van der Waals surface area contributed by atoms with E-state index in [0.29, 0.717) is 25.2 Å². The van der Waals surface area contributed by atoms with Crippen LogP contribution in [0.5, 0.6) is 0 Å². The zero-order chi connectivity index (χ0) is 11.5. The number of hydrogen-bond acceptors (Lipinski definition) is 3. The van der Waals surface area contributed by atoms with E-state index in [4.69, 9.17) is 10.8 Å². The second-order valence-corrected chi connectivity index (χ2v) is 4.87. The molecule has 0 unspecified atom stereocenters. The summed E-state index contributed by atoms with van der Waals surface area (Å²) >= 11 is 0. The SMILES string of the molecule is NC1CCN(C2CCN(C(=O)O)CC2)CC1. The van der Waals surface area contributed by atoms with E-state index in [1.54, 1.807) is 0 Å². The molecule has 0 aliphatic carbocycles. The Bertz CT molecular complexity index is 244. The number of amides is 1. The fourth-order valence-electron chi connectivity index (χ4n) is 2.71. The molecule has 0 aromatic carbocycles. The van der Waals surface area contributed by atoms with Crippen molar-refractivity contribution in [2.45, 2.75) is 37.8 Å². The summed E-state index contributed by atoms with van der Waals surface area (Å²) in [7, 11) is 0. The summed E-state index contributed by atoms with van der Waals surface area (Å²) in [5.41, 5.74) is 5.88. The van der Waals surface area contributed by atoms with Gasteiger partial charge in [-0.1, -0.05) is 0 Å². The van der Waals surface area contributed by atoms with E-state index in [0.717, 1.165) is 38.8 Å². The van der Waals surface area contributed by atoms with E-state index < -0.39 is 6.09 Å². The molecule has 0 spiro atoms. The number of likely N-dealkylation sites (tertiary alicyclic amines) is 2. The van der Waals surface area contributed by atoms with Gasteiger partial charge in [0.25, 0.3) is 0 Å². The Labute approximate surface area is 96.2 Å². The van der Waals surface area contributed by atoms with Crippen LogP contribution in [0, 0.1) is 0 Å². The van der Waals surface area contributed by atoms with Gasteiger partial charge in [0, 0.05) is 25.2 Å². The molecule has 0 aromatic heterocycles. The molecule has 2 fully saturated rings. The van der Waals surface area contributed by atoms with Crippen molar-refractivity contribution in [1.29, 1.82) is 0 Å². The maximum Gasteiger partial charge on any atom is 0.407 e. The maximum atomic E-state index is 10.8. The second kappa shape index (κ2) is 5.01. The summed E-state index contributed by atoms with van der Waals surface area (Å²) in [6.07, 6.45) is 3.33. The number of piperidine rings is 2. The van der Waals surface area contributed by atoms with Crippen molar-refractivity contribution in [2.75, 3.05) is 26.2 Å². The highest BCUT2D eigenvalue weighted by Crippen LogP contribution is 2.20. The highest BCUT2D eigenvalue weighted by molar-refractivity contribution is 5.65. The number of nitrogens with zero attached hydrogens (tertiary/aromatic N) is 2. The van der Waals surface area contributed by atoms with Gasteiger partial charge < -0.3 is 20.6 Å². The predicted molar refractivity (Wildman–Crippen MR) is 61.4 cm³/mol. The third-order valence-corrected chi connectivity index (χ3v) is 3.83. The van der Waals surface area contributed by atoms with Gasteiger partial charge in [-0.15, -0.1) is 0 Å². The fraction of sp³-hybridized carbons (Fsp3) is 0.909. The first-order valence-corrected chi connectivity index (χ1v) is 6.14. The van der Waals surface area contributed by atoms with Crippen molar-refractivity contribution in [3.63, 3.8) is 0 Å². The standard InChI is InChI=1S/C11H21N3O2/c12-9-1-5-13(6-2-9)10-3-7-14(8-4-10)11(15)16/h9-10H,1-8,12H2,(H,15,16). The van der Waals surface area contributed by atoms with E-state index in [9.17, 15) is 4.79 Å². The van der Waals surface area contributed by atoms with Gasteiger partial charge in [0.2, 0.25) is 0 Å². The van der Waals surface area contributed by atoms with Crippen LogP contribution in [-0.4, -0.2) is 59.3 Å². The summed E-state index contributed by atoms with van der Waals surface area (Å²) in [6, 6.07) is 0.943. The molecule has 5 nitrogen and oxygen atoms in total. The van der Waals surface area contributed by atoms with E-state index in [2.05, 4.69) is 4.90 Å². The fourth-order valence-corrected chi connectivity index (χ4v) is 2.71. The van der Waals surface area contributed by atoms with Gasteiger partial charge in [-0.2, -0.15) is 0 Å². The largest absolute Gasteiger partial charge is 0.465 e. The molecule has 0 radical (unpaired) electrons. The molecule has 92 valence electrons. The van der Waals surface area contributed by atoms with Crippen molar-refractivity contribution in [3.05, 3.63) is 0 Å². The van der Waals surface area contributed by atoms with Crippen LogP contribution in [0.15, 0.2) is 0 Å². The Kier molecular flexibility index (Phi) is 3.66. The zero-order valence-corrected chi connectivity index (χ0v) is 9.64. The highest BCUT2D eigenvalue weighted by Gasteiger charge is 2.28. The average molecular weight is 227 g/mol. The number of carbonyl (C=O) groups is 1. The minimum Gasteiger partial charge on any atom is -0.465 e. The molecule has 3 N–H and O–H groups in total. The molecule has 0 atom stereocenters. The number of rotatable bonds is 1. The Morgan fingerprint density at radius 2 is 1.62 bits per heavy atom. The van der Waals surface area contributed by atoms with E-state index >= 15 is 0 Å². The van der Waals surface area contributed by atoms with Crippen molar-refractivity contribution in [1.82, 2.24) is 9.80 Å². The van der Waals surface area contributed by atoms with Crippen LogP contribution in [0.4, 0.5) is 4.79 Å². The minimum absolute atomic E-state index is 0.371. The van der Waals surface area contributed by atoms with Gasteiger partial charge in [-0.05, 0) is 38.8 Å². The van der Waals surface area contributed by atoms with Crippen molar-refractivity contribution in [2.24, 2.45) is 5.73 Å². The van der Waals surface area contributed by atoms with Crippen molar-refractivity contribution >= 4 is 6.09 Å². The average Bonchev–Trinajstić information content (AvgIpc) is 2.30. The molecule has 1 amide bonds. The summed E-state index contributed by atoms with van der Waals surface area (Å²) in [6.45, 7) is 3.53. The van der Waals surface area contributed by atoms with Gasteiger partial charge in [0.15, 0.2) is 0 Å². The lowest BCUT2D eigenvalue weighted by molar-refractivity contribution is 0.0817. The quantitative estimate of drug-likeness (QED) is 0.686. The molecule has 2 heterocycles. The van der Waals surface area contributed by atoms with E-state index in [1.165, 1.54) is 4.90 Å². The zero-order valence-electron chi connectivity index (χ0n) is 9.64. The lowest BCUT2D eigenvalue weighted by Crippen LogP contribution is -2.50. The Morgan fingerprint density at radius 1 is 1.06 bits per heavy atom. The van der Waals surface area contributed by atoms with E-state index in [1.807, 2.05) is 0 Å². The Hall–Kier alpha value is -0.810. The molecule has 0 bridgehead atoms. The predicted octanol–water partition coefficient (Wildman–Crippen LogP) is 0.552. The lowest BCUT2D eigenvalue weighted by Gasteiger charge is -2.40. The Morgan fingerprint density at radius 3 is 2.12 bits per heavy atom. The minimum atomic E-state index is -0.779. The van der Waals surface area contributed by atoms with Crippen LogP contribution in [0.3, 0.4) is 0 Å². The van der Waals surface area contributed by atoms with Crippen LogP contribution in [0.2, 0.25) is 0 Å². The van der Waals surface area contributed by atoms with Gasteiger partial charge in [-0.3, -0.25) is 0 Å². The third-order valence-electron chi connectivity index (χ3n) is 3.83. The molecule has 16 heavy (non-hydrogen) atoms. The first kappa shape index (κ1) is 11.7. The summed E-state index contributed by atoms with van der Waals surface area (Å²) in [4.78, 5) is 14.8. The maximum absolute atomic E-state index is 10.8. The van der Waals surface area contributed by atoms with Gasteiger partial charge in [0.1, 0.15) is 0 Å². The monoisotopic (exact) mass is 227 g/mol. The smallest absolute Gasteiger partial charge is 0.407 e. The van der Waals surface area contributed by atoms with Crippen molar-refractivity contribution < 1.29 is 9.90 Å². The summed E-state index contributed by atoms with van der Waals surface area (Å²) in [5, 5.41) is 8.87. The number of hydrogen-bond donors (Lipinski definition) is 2. The first-order valence-electron chi connectivity index (χ1n) is 6.14. The van der Waals surface area contributed by atoms with Crippen LogP contribution in [-0.2, 0) is 0 Å². The lowest BCUT2D eigenvalue weighted by atomic mass is 9.98. The molecule has 0 aromatic rings. The highest BCUT2D eigenvalue weighted by atomic mass is 16.4. The second-order valence-electron chi connectivity index (χ2n) is 4.87. The Balaban J connectivity index is 1.78. The van der Waals surface area contributed by atoms with Gasteiger partial charge >= 0.3 is 6.09 Å². The van der Waals surface area contributed by atoms with Crippen molar-refractivity contribution in [3.8, 4) is 0 Å². The summed E-state index contributed by atoms with van der Waals surface area (Å²) < 4.78 is 0. The first-order chi connectivity index (χ1) is 7.66. The topological polar surface area (TPSA) is 69.8 Å². The van der Waals surface area contributed by atoms with Crippen LogP contribution >= 0.6 is 0 Å². The molecule has 5 heteroatoms. The van der Waals surface area contributed by atoms with E-state index in [-0.39, 0.29) is 0 Å². The normalized spacial score (nSPS) is 25.9.